The van der Waals surface area contributed by atoms with E-state index in [-0.39, 0.29) is 17.9 Å². The van der Waals surface area contributed by atoms with Crippen molar-refractivity contribution in [2.45, 2.75) is 39.2 Å². The topological polar surface area (TPSA) is 79.5 Å². The van der Waals surface area contributed by atoms with Gasteiger partial charge in [-0.2, -0.15) is 4.98 Å². The smallest absolute Gasteiger partial charge is 0.254 e. The highest BCUT2D eigenvalue weighted by molar-refractivity contribution is 5.98. The van der Waals surface area contributed by atoms with Gasteiger partial charge in [-0.3, -0.25) is 9.59 Å². The van der Waals surface area contributed by atoms with Crippen LogP contribution in [0.25, 0.3) is 0 Å². The Morgan fingerprint density at radius 2 is 2.12 bits per heavy atom. The summed E-state index contributed by atoms with van der Waals surface area (Å²) in [6.07, 6.45) is 2.55. The minimum atomic E-state index is -0.132. The summed E-state index contributed by atoms with van der Waals surface area (Å²) in [5.74, 6) is 1.10. The van der Waals surface area contributed by atoms with E-state index in [1.54, 1.807) is 24.8 Å². The quantitative estimate of drug-likeness (QED) is 0.838. The molecule has 2 amide bonds. The molecule has 2 aromatic rings. The number of anilines is 1. The Morgan fingerprint density at radius 1 is 1.28 bits per heavy atom. The fourth-order valence-electron chi connectivity index (χ4n) is 3.76. The molecule has 25 heavy (non-hydrogen) atoms. The first kappa shape index (κ1) is 15.8. The van der Waals surface area contributed by atoms with Crippen molar-refractivity contribution in [3.8, 4) is 0 Å². The molecule has 130 valence electrons. The molecule has 0 unspecified atom stereocenters. The van der Waals surface area contributed by atoms with E-state index in [1.807, 2.05) is 17.0 Å². The first-order valence-corrected chi connectivity index (χ1v) is 8.57. The highest BCUT2D eigenvalue weighted by Crippen LogP contribution is 2.33. The minimum absolute atomic E-state index is 0.0194. The fraction of sp³-hybridized carbons (Fsp3) is 0.444. The van der Waals surface area contributed by atoms with Crippen molar-refractivity contribution in [1.29, 1.82) is 0 Å². The number of hydrogen-bond donors (Lipinski definition) is 0. The molecule has 0 bridgehead atoms. The van der Waals surface area contributed by atoms with Crippen LogP contribution in [0.3, 0.4) is 0 Å². The predicted octanol–water partition coefficient (Wildman–Crippen LogP) is 2.26. The zero-order chi connectivity index (χ0) is 17.6. The summed E-state index contributed by atoms with van der Waals surface area (Å²) in [6.45, 7) is 4.68. The number of amides is 2. The van der Waals surface area contributed by atoms with E-state index >= 15 is 0 Å². The largest absolute Gasteiger partial charge is 0.340 e. The fourth-order valence-corrected chi connectivity index (χ4v) is 3.76. The Balaban J connectivity index is 1.60. The second kappa shape index (κ2) is 5.98. The number of fused-ring (bicyclic) bond motifs is 1. The van der Waals surface area contributed by atoms with Gasteiger partial charge in [-0.15, -0.1) is 0 Å². The van der Waals surface area contributed by atoms with Gasteiger partial charge in [0.15, 0.2) is 5.82 Å². The number of rotatable bonds is 2. The lowest BCUT2D eigenvalue weighted by Crippen LogP contribution is -2.31. The number of aryl methyl sites for hydroxylation is 1. The number of nitrogens with zero attached hydrogens (tertiary/aromatic N) is 4. The Morgan fingerprint density at radius 3 is 2.84 bits per heavy atom. The Kier molecular flexibility index (Phi) is 3.78. The van der Waals surface area contributed by atoms with Gasteiger partial charge in [0, 0.05) is 38.2 Å². The molecule has 0 N–H and O–H groups in total. The Labute approximate surface area is 145 Å². The standard InChI is InChI=1S/C18H20N4O3/c1-11-19-17(20-25-11)16-4-3-8-22(16)18(24)14-5-6-15-13(10-14)7-9-21(15)12(2)23/h5-6,10,16H,3-4,7-9H2,1-2H3/t16-/m1/s1. The number of carbonyl (C=O) groups is 2. The second-order valence-corrected chi connectivity index (χ2v) is 6.59. The molecule has 0 aliphatic carbocycles. The van der Waals surface area contributed by atoms with Crippen LogP contribution in [-0.2, 0) is 11.2 Å². The zero-order valence-electron chi connectivity index (χ0n) is 14.4. The highest BCUT2D eigenvalue weighted by Gasteiger charge is 2.34. The molecule has 0 saturated carbocycles. The average molecular weight is 340 g/mol. The number of benzene rings is 1. The van der Waals surface area contributed by atoms with Crippen molar-refractivity contribution < 1.29 is 14.1 Å². The van der Waals surface area contributed by atoms with Gasteiger partial charge in [0.05, 0.1) is 6.04 Å². The van der Waals surface area contributed by atoms with Crippen LogP contribution in [0.2, 0.25) is 0 Å². The van der Waals surface area contributed by atoms with Crippen LogP contribution in [0.4, 0.5) is 5.69 Å². The van der Waals surface area contributed by atoms with Crippen LogP contribution < -0.4 is 4.90 Å². The van der Waals surface area contributed by atoms with Gasteiger partial charge in [0.25, 0.3) is 5.91 Å². The lowest BCUT2D eigenvalue weighted by molar-refractivity contribution is -0.116. The number of likely N-dealkylation sites (tertiary alicyclic amines) is 1. The van der Waals surface area contributed by atoms with Crippen molar-refractivity contribution in [3.63, 3.8) is 0 Å². The van der Waals surface area contributed by atoms with E-state index in [0.29, 0.717) is 30.4 Å². The van der Waals surface area contributed by atoms with Gasteiger partial charge in [0.2, 0.25) is 11.8 Å². The molecule has 7 heteroatoms. The molecule has 2 aliphatic heterocycles. The van der Waals surface area contributed by atoms with Gasteiger partial charge in [0.1, 0.15) is 0 Å². The zero-order valence-corrected chi connectivity index (χ0v) is 14.4. The van der Waals surface area contributed by atoms with Crippen LogP contribution in [0, 0.1) is 6.92 Å². The SMILES string of the molecule is CC(=O)N1CCc2cc(C(=O)N3CCC[C@@H]3c3noc(C)n3)ccc21. The third-order valence-corrected chi connectivity index (χ3v) is 4.96. The van der Waals surface area contributed by atoms with E-state index in [0.717, 1.165) is 30.5 Å². The van der Waals surface area contributed by atoms with Gasteiger partial charge >= 0.3 is 0 Å². The molecule has 1 aromatic carbocycles. The summed E-state index contributed by atoms with van der Waals surface area (Å²) in [5.41, 5.74) is 2.61. The molecular weight excluding hydrogens is 320 g/mol. The predicted molar refractivity (Wildman–Crippen MR) is 90.2 cm³/mol. The van der Waals surface area contributed by atoms with Gasteiger partial charge in [-0.1, -0.05) is 5.16 Å². The lowest BCUT2D eigenvalue weighted by atomic mass is 10.1. The third kappa shape index (κ3) is 2.69. The molecule has 1 fully saturated rings. The van der Waals surface area contributed by atoms with Crippen LogP contribution in [0.15, 0.2) is 22.7 Å². The molecule has 4 rings (SSSR count). The molecule has 2 aliphatic rings. The summed E-state index contributed by atoms with van der Waals surface area (Å²) in [6, 6.07) is 5.46. The van der Waals surface area contributed by atoms with Gasteiger partial charge in [-0.05, 0) is 43.0 Å². The van der Waals surface area contributed by atoms with Crippen LogP contribution in [0.5, 0.6) is 0 Å². The average Bonchev–Trinajstić information content (AvgIpc) is 3.31. The Hall–Kier alpha value is -2.70. The summed E-state index contributed by atoms with van der Waals surface area (Å²) >= 11 is 0. The molecule has 3 heterocycles. The maximum Gasteiger partial charge on any atom is 0.254 e. The normalized spacial score (nSPS) is 19.4. The van der Waals surface area contributed by atoms with E-state index < -0.39 is 0 Å². The molecular formula is C18H20N4O3. The van der Waals surface area contributed by atoms with Crippen LogP contribution >= 0.6 is 0 Å². The molecule has 0 spiro atoms. The summed E-state index contributed by atoms with van der Waals surface area (Å²) in [4.78, 5) is 32.5. The third-order valence-electron chi connectivity index (χ3n) is 4.96. The molecule has 1 saturated heterocycles. The maximum absolute atomic E-state index is 13.0. The number of carbonyl (C=O) groups excluding carboxylic acids is 2. The second-order valence-electron chi connectivity index (χ2n) is 6.59. The van der Waals surface area contributed by atoms with Gasteiger partial charge < -0.3 is 14.3 Å². The Bertz CT molecular complexity index is 845. The van der Waals surface area contributed by atoms with E-state index in [2.05, 4.69) is 10.1 Å². The molecule has 1 aromatic heterocycles. The van der Waals surface area contributed by atoms with E-state index in [4.69, 9.17) is 4.52 Å². The molecule has 0 radical (unpaired) electrons. The van der Waals surface area contributed by atoms with Gasteiger partial charge in [-0.25, -0.2) is 0 Å². The van der Waals surface area contributed by atoms with Crippen molar-refractivity contribution in [2.75, 3.05) is 18.0 Å². The molecule has 1 atom stereocenters. The molecule has 7 nitrogen and oxygen atoms in total. The summed E-state index contributed by atoms with van der Waals surface area (Å²) < 4.78 is 5.07. The first-order valence-electron chi connectivity index (χ1n) is 8.57. The number of hydrogen-bond acceptors (Lipinski definition) is 5. The minimum Gasteiger partial charge on any atom is -0.340 e. The lowest BCUT2D eigenvalue weighted by Gasteiger charge is -2.22. The number of aromatic nitrogens is 2. The monoisotopic (exact) mass is 340 g/mol. The van der Waals surface area contributed by atoms with Crippen molar-refractivity contribution in [3.05, 3.63) is 41.0 Å². The van der Waals surface area contributed by atoms with Crippen LogP contribution in [-0.4, -0.2) is 39.9 Å². The van der Waals surface area contributed by atoms with Crippen LogP contribution in [0.1, 0.15) is 53.4 Å². The van der Waals surface area contributed by atoms with E-state index in [1.165, 1.54) is 0 Å². The first-order chi connectivity index (χ1) is 12.0. The maximum atomic E-state index is 13.0. The van der Waals surface area contributed by atoms with E-state index in [9.17, 15) is 9.59 Å². The van der Waals surface area contributed by atoms with Crippen molar-refractivity contribution in [2.24, 2.45) is 0 Å². The summed E-state index contributed by atoms with van der Waals surface area (Å²) in [7, 11) is 0. The highest BCUT2D eigenvalue weighted by atomic mass is 16.5. The van der Waals surface area contributed by atoms with Crippen molar-refractivity contribution in [1.82, 2.24) is 15.0 Å². The van der Waals surface area contributed by atoms with Crippen molar-refractivity contribution >= 4 is 17.5 Å². The summed E-state index contributed by atoms with van der Waals surface area (Å²) in [5, 5.41) is 3.99.